The molecule has 0 bridgehead atoms. The maximum atomic E-state index is 5.64. The van der Waals surface area contributed by atoms with Crippen molar-refractivity contribution in [2.45, 2.75) is 25.7 Å². The van der Waals surface area contributed by atoms with Gasteiger partial charge in [-0.2, -0.15) is 15.0 Å². The van der Waals surface area contributed by atoms with E-state index < -0.39 is 0 Å². The number of rotatable bonds is 5. The summed E-state index contributed by atoms with van der Waals surface area (Å²) in [4.78, 5) is 14.2. The topological polar surface area (TPSA) is 80.0 Å². The third-order valence-electron chi connectivity index (χ3n) is 3.10. The molecule has 6 heteroatoms. The lowest BCUT2D eigenvalue weighted by Crippen LogP contribution is -2.19. The number of nitrogens with zero attached hydrogens (tertiary/aromatic N) is 4. The molecule has 17 heavy (non-hydrogen) atoms. The van der Waals surface area contributed by atoms with Crippen molar-refractivity contribution in [1.82, 2.24) is 15.0 Å². The SMILES string of the molecule is CN(C)c1nc(N)nc(NCCC2CCC2)n1. The Morgan fingerprint density at radius 2 is 2.06 bits per heavy atom. The lowest BCUT2D eigenvalue weighted by atomic mass is 9.83. The first-order chi connectivity index (χ1) is 8.15. The molecule has 0 unspecified atom stereocenters. The smallest absolute Gasteiger partial charge is 0.231 e. The minimum atomic E-state index is 0.259. The van der Waals surface area contributed by atoms with Crippen LogP contribution in [0.1, 0.15) is 25.7 Å². The predicted molar refractivity (Wildman–Crippen MR) is 69.0 cm³/mol. The van der Waals surface area contributed by atoms with E-state index in [1.807, 2.05) is 19.0 Å². The van der Waals surface area contributed by atoms with Gasteiger partial charge in [0.2, 0.25) is 17.8 Å². The van der Waals surface area contributed by atoms with Crippen LogP contribution in [0.15, 0.2) is 0 Å². The van der Waals surface area contributed by atoms with Gasteiger partial charge in [0.15, 0.2) is 0 Å². The van der Waals surface area contributed by atoms with Crippen LogP contribution in [-0.4, -0.2) is 35.6 Å². The van der Waals surface area contributed by atoms with Gasteiger partial charge in [-0.25, -0.2) is 0 Å². The Morgan fingerprint density at radius 1 is 1.29 bits per heavy atom. The summed E-state index contributed by atoms with van der Waals surface area (Å²) in [6, 6.07) is 0. The van der Waals surface area contributed by atoms with E-state index in [1.54, 1.807) is 0 Å². The quantitative estimate of drug-likeness (QED) is 0.797. The fraction of sp³-hybridized carbons (Fsp3) is 0.727. The average Bonchev–Trinajstić information content (AvgIpc) is 2.21. The van der Waals surface area contributed by atoms with Gasteiger partial charge in [-0.3, -0.25) is 0 Å². The van der Waals surface area contributed by atoms with Gasteiger partial charge in [-0.15, -0.1) is 0 Å². The van der Waals surface area contributed by atoms with Gasteiger partial charge in [0, 0.05) is 20.6 Å². The summed E-state index contributed by atoms with van der Waals surface area (Å²) in [5.41, 5.74) is 5.64. The van der Waals surface area contributed by atoms with Crippen LogP contribution >= 0.6 is 0 Å². The van der Waals surface area contributed by atoms with Crippen molar-refractivity contribution in [1.29, 1.82) is 0 Å². The van der Waals surface area contributed by atoms with Gasteiger partial charge in [0.1, 0.15) is 0 Å². The van der Waals surface area contributed by atoms with Gasteiger partial charge in [-0.05, 0) is 12.3 Å². The van der Waals surface area contributed by atoms with Crippen molar-refractivity contribution < 1.29 is 0 Å². The maximum Gasteiger partial charge on any atom is 0.231 e. The molecule has 94 valence electrons. The molecule has 1 aliphatic rings. The highest BCUT2D eigenvalue weighted by molar-refractivity contribution is 5.40. The number of anilines is 3. The van der Waals surface area contributed by atoms with Gasteiger partial charge in [0.25, 0.3) is 0 Å². The zero-order chi connectivity index (χ0) is 12.3. The standard InChI is InChI=1S/C11H20N6/c1-17(2)11-15-9(12)14-10(16-11)13-7-6-8-4-3-5-8/h8H,3-7H2,1-2H3,(H3,12,13,14,15,16). The zero-order valence-corrected chi connectivity index (χ0v) is 10.5. The van der Waals surface area contributed by atoms with Crippen LogP contribution in [0.5, 0.6) is 0 Å². The minimum Gasteiger partial charge on any atom is -0.368 e. The van der Waals surface area contributed by atoms with Gasteiger partial charge in [0.05, 0.1) is 0 Å². The van der Waals surface area contributed by atoms with Crippen LogP contribution in [0.3, 0.4) is 0 Å². The van der Waals surface area contributed by atoms with E-state index in [-0.39, 0.29) is 5.95 Å². The summed E-state index contributed by atoms with van der Waals surface area (Å²) < 4.78 is 0. The third kappa shape index (κ3) is 3.18. The molecule has 2 rings (SSSR count). The van der Waals surface area contributed by atoms with Gasteiger partial charge < -0.3 is 16.0 Å². The number of nitrogen functional groups attached to an aromatic ring is 1. The van der Waals surface area contributed by atoms with Crippen molar-refractivity contribution in [2.24, 2.45) is 5.92 Å². The lowest BCUT2D eigenvalue weighted by Gasteiger charge is -2.25. The molecule has 1 aromatic heterocycles. The predicted octanol–water partition coefficient (Wildman–Crippen LogP) is 1.12. The molecule has 1 saturated carbocycles. The second-order valence-electron chi connectivity index (χ2n) is 4.72. The Bertz CT molecular complexity index is 374. The molecule has 0 spiro atoms. The first-order valence-electron chi connectivity index (χ1n) is 6.08. The average molecular weight is 236 g/mol. The van der Waals surface area contributed by atoms with Crippen LogP contribution in [0, 0.1) is 5.92 Å². The normalized spacial score (nSPS) is 15.4. The summed E-state index contributed by atoms with van der Waals surface area (Å²) in [7, 11) is 3.76. The highest BCUT2D eigenvalue weighted by Crippen LogP contribution is 2.29. The van der Waals surface area contributed by atoms with Crippen LogP contribution in [-0.2, 0) is 0 Å². The molecular weight excluding hydrogens is 216 g/mol. The fourth-order valence-electron chi connectivity index (χ4n) is 1.83. The van der Waals surface area contributed by atoms with Crippen LogP contribution in [0.4, 0.5) is 17.8 Å². The Labute approximate surface area is 102 Å². The van der Waals surface area contributed by atoms with E-state index in [0.29, 0.717) is 11.9 Å². The van der Waals surface area contributed by atoms with Crippen molar-refractivity contribution in [2.75, 3.05) is 36.6 Å². The van der Waals surface area contributed by atoms with Crippen LogP contribution < -0.4 is 16.0 Å². The molecule has 0 aliphatic heterocycles. The van der Waals surface area contributed by atoms with Crippen LogP contribution in [0.2, 0.25) is 0 Å². The minimum absolute atomic E-state index is 0.259. The number of nitrogens with one attached hydrogen (secondary N) is 1. The molecular formula is C11H20N6. The first kappa shape index (κ1) is 11.9. The maximum absolute atomic E-state index is 5.64. The number of hydrogen-bond acceptors (Lipinski definition) is 6. The van der Waals surface area contributed by atoms with Gasteiger partial charge >= 0.3 is 0 Å². The molecule has 1 aromatic rings. The summed E-state index contributed by atoms with van der Waals surface area (Å²) >= 11 is 0. The molecule has 0 aromatic carbocycles. The fourth-order valence-corrected chi connectivity index (χ4v) is 1.83. The Balaban J connectivity index is 1.90. The molecule has 3 N–H and O–H groups in total. The number of nitrogens with two attached hydrogens (primary N) is 1. The Morgan fingerprint density at radius 3 is 2.65 bits per heavy atom. The Kier molecular flexibility index (Phi) is 3.61. The van der Waals surface area contributed by atoms with Gasteiger partial charge in [-0.1, -0.05) is 19.3 Å². The monoisotopic (exact) mass is 236 g/mol. The van der Waals surface area contributed by atoms with Crippen molar-refractivity contribution in [3.8, 4) is 0 Å². The van der Waals surface area contributed by atoms with E-state index in [1.165, 1.54) is 25.7 Å². The molecule has 1 heterocycles. The second kappa shape index (κ2) is 5.16. The zero-order valence-electron chi connectivity index (χ0n) is 10.5. The van der Waals surface area contributed by atoms with E-state index in [4.69, 9.17) is 5.73 Å². The molecule has 0 atom stereocenters. The lowest BCUT2D eigenvalue weighted by molar-refractivity contribution is 0.303. The molecule has 0 radical (unpaired) electrons. The van der Waals surface area contributed by atoms with Crippen molar-refractivity contribution >= 4 is 17.8 Å². The Hall–Kier alpha value is -1.59. The molecule has 1 fully saturated rings. The first-order valence-corrected chi connectivity index (χ1v) is 6.08. The summed E-state index contributed by atoms with van der Waals surface area (Å²) in [5, 5.41) is 3.21. The molecule has 1 aliphatic carbocycles. The van der Waals surface area contributed by atoms with E-state index in [2.05, 4.69) is 20.3 Å². The van der Waals surface area contributed by atoms with Crippen molar-refractivity contribution in [3.63, 3.8) is 0 Å². The molecule has 0 amide bonds. The van der Waals surface area contributed by atoms with Crippen LogP contribution in [0.25, 0.3) is 0 Å². The molecule has 6 nitrogen and oxygen atoms in total. The number of hydrogen-bond donors (Lipinski definition) is 2. The summed E-state index contributed by atoms with van der Waals surface area (Å²) in [5.74, 6) is 2.30. The highest BCUT2D eigenvalue weighted by atomic mass is 15.3. The van der Waals surface area contributed by atoms with E-state index in [9.17, 15) is 0 Å². The van der Waals surface area contributed by atoms with E-state index in [0.717, 1.165) is 12.5 Å². The second-order valence-corrected chi connectivity index (χ2v) is 4.72. The largest absolute Gasteiger partial charge is 0.368 e. The molecule has 0 saturated heterocycles. The number of aromatic nitrogens is 3. The van der Waals surface area contributed by atoms with Crippen molar-refractivity contribution in [3.05, 3.63) is 0 Å². The highest BCUT2D eigenvalue weighted by Gasteiger charge is 2.16. The van der Waals surface area contributed by atoms with E-state index >= 15 is 0 Å². The third-order valence-corrected chi connectivity index (χ3v) is 3.10. The summed E-state index contributed by atoms with van der Waals surface area (Å²) in [6.45, 7) is 0.904. The summed E-state index contributed by atoms with van der Waals surface area (Å²) in [6.07, 6.45) is 5.30.